The van der Waals surface area contributed by atoms with Crippen molar-refractivity contribution >= 4 is 15.8 Å². The number of carboxylic acids is 1. The molecule has 106 valence electrons. The number of hydrogen-bond acceptors (Lipinski definition) is 4. The second-order valence-electron chi connectivity index (χ2n) is 3.52. The summed E-state index contributed by atoms with van der Waals surface area (Å²) in [6.45, 7) is 1.05. The van der Waals surface area contributed by atoms with E-state index < -0.39 is 43.1 Å². The fraction of sp³-hybridized carbons (Fsp3) is 0.300. The SMILES string of the molecule is COc1c(C(=O)O)ccc(S(=O)(=O)C(F)(F)F)c1C. The smallest absolute Gasteiger partial charge is 0.496 e. The van der Waals surface area contributed by atoms with E-state index in [9.17, 15) is 26.4 Å². The summed E-state index contributed by atoms with van der Waals surface area (Å²) in [5.41, 5.74) is -6.28. The predicted octanol–water partition coefficient (Wildman–Crippen LogP) is 2.00. The molecular formula is C10H9F3O5S. The van der Waals surface area contributed by atoms with E-state index in [1.165, 1.54) is 0 Å². The molecule has 0 unspecified atom stereocenters. The lowest BCUT2D eigenvalue weighted by atomic mass is 10.1. The maximum atomic E-state index is 12.4. The molecule has 0 aromatic heterocycles. The highest BCUT2D eigenvalue weighted by atomic mass is 32.2. The average molecular weight is 298 g/mol. The molecule has 0 aliphatic heterocycles. The van der Waals surface area contributed by atoms with E-state index >= 15 is 0 Å². The first-order valence-electron chi connectivity index (χ1n) is 4.76. The molecule has 0 spiro atoms. The molecule has 0 fully saturated rings. The van der Waals surface area contributed by atoms with E-state index in [0.29, 0.717) is 6.07 Å². The van der Waals surface area contributed by atoms with Crippen LogP contribution < -0.4 is 4.74 Å². The second-order valence-corrected chi connectivity index (χ2v) is 5.43. The van der Waals surface area contributed by atoms with Crippen LogP contribution in [0.5, 0.6) is 5.75 Å². The fourth-order valence-electron chi connectivity index (χ4n) is 1.52. The Morgan fingerprint density at radius 3 is 2.21 bits per heavy atom. The van der Waals surface area contributed by atoms with Crippen LogP contribution in [-0.4, -0.2) is 32.1 Å². The van der Waals surface area contributed by atoms with Crippen molar-refractivity contribution < 1.29 is 36.2 Å². The van der Waals surface area contributed by atoms with Gasteiger partial charge in [-0.3, -0.25) is 0 Å². The minimum absolute atomic E-state index is 0.403. The van der Waals surface area contributed by atoms with Crippen LogP contribution in [0.25, 0.3) is 0 Å². The van der Waals surface area contributed by atoms with E-state index in [1.807, 2.05) is 0 Å². The van der Waals surface area contributed by atoms with Crippen LogP contribution in [0.15, 0.2) is 17.0 Å². The first-order chi connectivity index (χ1) is 8.54. The van der Waals surface area contributed by atoms with Crippen LogP contribution in [0.3, 0.4) is 0 Å². The quantitative estimate of drug-likeness (QED) is 0.923. The van der Waals surface area contributed by atoms with Gasteiger partial charge >= 0.3 is 11.5 Å². The molecule has 0 aliphatic rings. The largest absolute Gasteiger partial charge is 0.501 e. The number of rotatable bonds is 3. The Morgan fingerprint density at radius 1 is 1.32 bits per heavy atom. The molecule has 19 heavy (non-hydrogen) atoms. The number of methoxy groups -OCH3 is 1. The van der Waals surface area contributed by atoms with Gasteiger partial charge in [0.1, 0.15) is 11.3 Å². The number of aromatic carboxylic acids is 1. The van der Waals surface area contributed by atoms with Crippen molar-refractivity contribution in [2.75, 3.05) is 7.11 Å². The number of carbonyl (C=O) groups is 1. The third-order valence-corrected chi connectivity index (χ3v) is 4.02. The predicted molar refractivity (Wildman–Crippen MR) is 57.9 cm³/mol. The summed E-state index contributed by atoms with van der Waals surface area (Å²) >= 11 is 0. The molecule has 1 rings (SSSR count). The molecule has 9 heteroatoms. The number of halogens is 3. The van der Waals surface area contributed by atoms with Gasteiger partial charge in [0.2, 0.25) is 0 Å². The molecular weight excluding hydrogens is 289 g/mol. The minimum atomic E-state index is -5.56. The molecule has 0 amide bonds. The Hall–Kier alpha value is -1.77. The molecule has 0 saturated heterocycles. The zero-order chi connectivity index (χ0) is 15.0. The van der Waals surface area contributed by atoms with E-state index in [1.54, 1.807) is 0 Å². The minimum Gasteiger partial charge on any atom is -0.496 e. The van der Waals surface area contributed by atoms with Gasteiger partial charge in [0.05, 0.1) is 12.0 Å². The van der Waals surface area contributed by atoms with Gasteiger partial charge in [-0.2, -0.15) is 13.2 Å². The lowest BCUT2D eigenvalue weighted by Gasteiger charge is -2.14. The van der Waals surface area contributed by atoms with E-state index in [-0.39, 0.29) is 0 Å². The van der Waals surface area contributed by atoms with Crippen LogP contribution in [0, 0.1) is 6.92 Å². The summed E-state index contributed by atoms with van der Waals surface area (Å²) < 4.78 is 64.6. The van der Waals surface area contributed by atoms with Crippen molar-refractivity contribution in [3.05, 3.63) is 23.3 Å². The zero-order valence-corrected chi connectivity index (χ0v) is 10.6. The van der Waals surface area contributed by atoms with Gasteiger partial charge in [-0.25, -0.2) is 13.2 Å². The summed E-state index contributed by atoms with van der Waals surface area (Å²) in [6.07, 6.45) is 0. The van der Waals surface area contributed by atoms with Crippen LogP contribution in [0.4, 0.5) is 13.2 Å². The summed E-state index contributed by atoms with van der Waals surface area (Å²) in [5.74, 6) is -1.85. The van der Waals surface area contributed by atoms with Crippen LogP contribution in [0.2, 0.25) is 0 Å². The molecule has 1 aromatic rings. The van der Waals surface area contributed by atoms with Crippen molar-refractivity contribution in [3.8, 4) is 5.75 Å². The van der Waals surface area contributed by atoms with Gasteiger partial charge in [0.15, 0.2) is 0 Å². The summed E-state index contributed by atoms with van der Waals surface area (Å²) in [7, 11) is -4.51. The van der Waals surface area contributed by atoms with Gasteiger partial charge in [-0.1, -0.05) is 0 Å². The maximum Gasteiger partial charge on any atom is 0.501 e. The Labute approximate surface area is 106 Å². The molecule has 0 bridgehead atoms. The Morgan fingerprint density at radius 2 is 1.84 bits per heavy atom. The molecule has 1 N–H and O–H groups in total. The van der Waals surface area contributed by atoms with Crippen LogP contribution in [-0.2, 0) is 9.84 Å². The van der Waals surface area contributed by atoms with Gasteiger partial charge in [0.25, 0.3) is 9.84 Å². The maximum absolute atomic E-state index is 12.4. The fourth-order valence-corrected chi connectivity index (χ4v) is 2.51. The lowest BCUT2D eigenvalue weighted by Crippen LogP contribution is -2.24. The normalized spacial score (nSPS) is 12.3. The second kappa shape index (κ2) is 4.72. The van der Waals surface area contributed by atoms with Crippen LogP contribution in [0.1, 0.15) is 15.9 Å². The molecule has 0 aliphatic carbocycles. The monoisotopic (exact) mass is 298 g/mol. The van der Waals surface area contributed by atoms with Crippen molar-refractivity contribution in [2.24, 2.45) is 0 Å². The van der Waals surface area contributed by atoms with E-state index in [0.717, 1.165) is 20.1 Å². The van der Waals surface area contributed by atoms with E-state index in [4.69, 9.17) is 5.11 Å². The third kappa shape index (κ3) is 2.50. The first-order valence-corrected chi connectivity index (χ1v) is 6.24. The van der Waals surface area contributed by atoms with Crippen molar-refractivity contribution in [3.63, 3.8) is 0 Å². The van der Waals surface area contributed by atoms with Crippen molar-refractivity contribution in [1.29, 1.82) is 0 Å². The first kappa shape index (κ1) is 15.3. The summed E-state index contributed by atoms with van der Waals surface area (Å²) in [5, 5.41) is 8.82. The molecule has 1 aromatic carbocycles. The highest BCUT2D eigenvalue weighted by Gasteiger charge is 2.48. The summed E-state index contributed by atoms with van der Waals surface area (Å²) in [6, 6.07) is 1.36. The molecule has 0 saturated carbocycles. The number of sulfone groups is 1. The molecule has 0 heterocycles. The Bertz CT molecular complexity index is 619. The van der Waals surface area contributed by atoms with Gasteiger partial charge in [-0.05, 0) is 19.1 Å². The Kier molecular flexibility index (Phi) is 3.80. The lowest BCUT2D eigenvalue weighted by molar-refractivity contribution is -0.0436. The van der Waals surface area contributed by atoms with Gasteiger partial charge < -0.3 is 9.84 Å². The zero-order valence-electron chi connectivity index (χ0n) is 9.78. The van der Waals surface area contributed by atoms with Gasteiger partial charge in [-0.15, -0.1) is 0 Å². The van der Waals surface area contributed by atoms with Crippen molar-refractivity contribution in [1.82, 2.24) is 0 Å². The number of benzene rings is 1. The molecule has 0 atom stereocenters. The number of ether oxygens (including phenoxy) is 1. The van der Waals surface area contributed by atoms with Gasteiger partial charge in [0, 0.05) is 5.56 Å². The average Bonchev–Trinajstić information content (AvgIpc) is 2.26. The van der Waals surface area contributed by atoms with Crippen molar-refractivity contribution in [2.45, 2.75) is 17.3 Å². The molecule has 0 radical (unpaired) electrons. The highest BCUT2D eigenvalue weighted by molar-refractivity contribution is 7.92. The standard InChI is InChI=1S/C10H9F3O5S/c1-5-7(19(16,17)10(11,12)13)4-3-6(9(14)15)8(5)18-2/h3-4H,1-2H3,(H,14,15). The van der Waals surface area contributed by atoms with E-state index in [2.05, 4.69) is 4.74 Å². The van der Waals surface area contributed by atoms with Crippen LogP contribution >= 0.6 is 0 Å². The molecule has 5 nitrogen and oxygen atoms in total. The topological polar surface area (TPSA) is 80.7 Å². The number of hydrogen-bond donors (Lipinski definition) is 1. The number of alkyl halides is 3. The Balaban J connectivity index is 3.64. The third-order valence-electron chi connectivity index (χ3n) is 2.38. The summed E-state index contributed by atoms with van der Waals surface area (Å²) in [4.78, 5) is 9.81. The highest BCUT2D eigenvalue weighted by Crippen LogP contribution is 2.36. The number of carboxylic acid groups (broad SMARTS) is 1.